The zero-order chi connectivity index (χ0) is 37.5. The van der Waals surface area contributed by atoms with Crippen molar-refractivity contribution in [3.63, 3.8) is 0 Å². The van der Waals surface area contributed by atoms with E-state index in [0.29, 0.717) is 5.92 Å². The minimum atomic E-state index is 0.699. The first-order valence-corrected chi connectivity index (χ1v) is 20.1. The van der Waals surface area contributed by atoms with Crippen molar-refractivity contribution >= 4 is 73.9 Å². The van der Waals surface area contributed by atoms with Crippen LogP contribution in [0, 0.1) is 5.92 Å². The summed E-state index contributed by atoms with van der Waals surface area (Å²) in [7, 11) is 0. The van der Waals surface area contributed by atoms with Gasteiger partial charge in [-0.05, 0) is 84.0 Å². The van der Waals surface area contributed by atoms with E-state index < -0.39 is 0 Å². The highest BCUT2D eigenvalue weighted by Crippen LogP contribution is 2.51. The number of hydrogen-bond acceptors (Lipinski definition) is 2. The van der Waals surface area contributed by atoms with Crippen molar-refractivity contribution in [2.24, 2.45) is 5.92 Å². The molecule has 0 saturated heterocycles. The lowest BCUT2D eigenvalue weighted by atomic mass is 9.89. The molecular weight excluding hydrogens is 677 g/mol. The van der Waals surface area contributed by atoms with E-state index in [1.165, 1.54) is 70.5 Å². The second-order valence-corrected chi connectivity index (χ2v) is 14.8. The largest absolute Gasteiger partial charge is 0.309 e. The Morgan fingerprint density at radius 1 is 0.321 bits per heavy atom. The van der Waals surface area contributed by atoms with E-state index in [0.717, 1.165) is 34.0 Å². The van der Waals surface area contributed by atoms with Gasteiger partial charge in [0, 0.05) is 44.3 Å². The molecule has 272 valence electrons. The normalized spacial score (nSPS) is 13.5. The zero-order valence-corrected chi connectivity index (χ0v) is 31.7. The van der Waals surface area contributed by atoms with E-state index in [1.54, 1.807) is 0 Å². The summed E-state index contributed by atoms with van der Waals surface area (Å²) in [6.45, 7) is 0. The van der Waals surface area contributed by atoms with Gasteiger partial charge >= 0.3 is 0 Å². The molecule has 56 heavy (non-hydrogen) atoms. The molecule has 2 nitrogen and oxygen atoms in total. The molecule has 0 unspecified atom stereocenters. The summed E-state index contributed by atoms with van der Waals surface area (Å²) in [5.74, 6) is 0.699. The number of para-hydroxylation sites is 2. The maximum atomic E-state index is 2.45. The third-order valence-electron chi connectivity index (χ3n) is 11.1. The Hall–Kier alpha value is -6.64. The first-order valence-electron chi connectivity index (χ1n) is 20.1. The number of benzene rings is 8. The number of nitrogens with zero attached hydrogens (tertiary/aromatic N) is 2. The molecule has 0 bridgehead atoms. The van der Waals surface area contributed by atoms with Crippen LogP contribution in [0.4, 0.5) is 34.1 Å². The van der Waals surface area contributed by atoms with Gasteiger partial charge < -0.3 is 9.80 Å². The quantitative estimate of drug-likeness (QED) is 0.0788. The van der Waals surface area contributed by atoms with Crippen molar-refractivity contribution in [1.29, 1.82) is 0 Å². The van der Waals surface area contributed by atoms with E-state index >= 15 is 0 Å². The fraction of sp³-hybridized carbons (Fsp3) is 0.111. The third-order valence-corrected chi connectivity index (χ3v) is 11.1. The number of fused-ring (bicyclic) bond motifs is 2. The average Bonchev–Trinajstić information content (AvgIpc) is 3.28. The Morgan fingerprint density at radius 2 is 0.661 bits per heavy atom. The highest BCUT2D eigenvalue weighted by atomic mass is 15.2. The van der Waals surface area contributed by atoms with Gasteiger partial charge in [0.05, 0.1) is 11.4 Å². The molecule has 0 heterocycles. The lowest BCUT2D eigenvalue weighted by Gasteiger charge is -2.33. The Balaban J connectivity index is 1.20. The molecule has 1 saturated carbocycles. The smallest absolute Gasteiger partial charge is 0.0619 e. The minimum absolute atomic E-state index is 0.699. The second-order valence-electron chi connectivity index (χ2n) is 14.8. The molecule has 1 aliphatic carbocycles. The minimum Gasteiger partial charge on any atom is -0.309 e. The van der Waals surface area contributed by atoms with Crippen LogP contribution < -0.4 is 9.80 Å². The number of anilines is 6. The van der Waals surface area contributed by atoms with Crippen LogP contribution in [-0.4, -0.2) is 0 Å². The summed E-state index contributed by atoms with van der Waals surface area (Å²) >= 11 is 0. The Kier molecular flexibility index (Phi) is 10.3. The lowest BCUT2D eigenvalue weighted by Crippen LogP contribution is -2.14. The maximum Gasteiger partial charge on any atom is 0.0619 e. The number of rotatable bonds is 10. The van der Waals surface area contributed by atoms with Crippen molar-refractivity contribution < 1.29 is 0 Å². The summed E-state index contributed by atoms with van der Waals surface area (Å²) in [5.41, 5.74) is 10.4. The fourth-order valence-corrected chi connectivity index (χ4v) is 8.33. The van der Waals surface area contributed by atoms with Gasteiger partial charge in [-0.1, -0.05) is 183 Å². The van der Waals surface area contributed by atoms with Gasteiger partial charge in [-0.2, -0.15) is 0 Å². The van der Waals surface area contributed by atoms with E-state index in [1.807, 2.05) is 0 Å². The van der Waals surface area contributed by atoms with Crippen LogP contribution in [0.25, 0.3) is 39.8 Å². The van der Waals surface area contributed by atoms with Gasteiger partial charge in [-0.25, -0.2) is 0 Å². The van der Waals surface area contributed by atoms with Gasteiger partial charge in [0.2, 0.25) is 0 Å². The Bertz CT molecular complexity index is 2530. The van der Waals surface area contributed by atoms with E-state index in [-0.39, 0.29) is 0 Å². The summed E-state index contributed by atoms with van der Waals surface area (Å²) in [6, 6.07) is 67.9. The molecule has 0 spiro atoms. The predicted octanol–water partition coefficient (Wildman–Crippen LogP) is 15.7. The van der Waals surface area contributed by atoms with Crippen molar-refractivity contribution in [3.05, 3.63) is 211 Å². The van der Waals surface area contributed by atoms with E-state index in [9.17, 15) is 0 Å². The third kappa shape index (κ3) is 7.39. The van der Waals surface area contributed by atoms with Crippen LogP contribution in [0.3, 0.4) is 0 Å². The van der Waals surface area contributed by atoms with Gasteiger partial charge in [-0.15, -0.1) is 0 Å². The number of hydrogen-bond donors (Lipinski definition) is 0. The first kappa shape index (κ1) is 35.1. The highest BCUT2D eigenvalue weighted by molar-refractivity contribution is 6.23. The van der Waals surface area contributed by atoms with Gasteiger partial charge in [-0.3, -0.25) is 0 Å². The van der Waals surface area contributed by atoms with Gasteiger partial charge in [0.1, 0.15) is 0 Å². The van der Waals surface area contributed by atoms with Crippen molar-refractivity contribution in [3.8, 4) is 0 Å². The Labute approximate surface area is 331 Å². The molecule has 8 aromatic rings. The predicted molar refractivity (Wildman–Crippen MR) is 242 cm³/mol. The summed E-state index contributed by atoms with van der Waals surface area (Å²) < 4.78 is 0. The van der Waals surface area contributed by atoms with Crippen LogP contribution in [0.1, 0.15) is 48.8 Å². The van der Waals surface area contributed by atoms with E-state index in [2.05, 4.69) is 222 Å². The Morgan fingerprint density at radius 3 is 1.09 bits per heavy atom. The van der Waals surface area contributed by atoms with Crippen molar-refractivity contribution in [2.45, 2.75) is 32.1 Å². The molecule has 1 aliphatic rings. The molecule has 8 aromatic carbocycles. The molecule has 0 aromatic heterocycles. The molecule has 0 radical (unpaired) electrons. The van der Waals surface area contributed by atoms with Crippen LogP contribution in [0.2, 0.25) is 0 Å². The average molecular weight is 723 g/mol. The molecule has 2 heteroatoms. The van der Waals surface area contributed by atoms with Crippen LogP contribution in [-0.2, 0) is 0 Å². The monoisotopic (exact) mass is 722 g/mol. The van der Waals surface area contributed by atoms with Crippen LogP contribution in [0.5, 0.6) is 0 Å². The molecule has 1 fully saturated rings. The van der Waals surface area contributed by atoms with Crippen LogP contribution in [0.15, 0.2) is 194 Å². The SMILES string of the molecule is C(=C\c1ccc(N(c2ccccc2)c2c3ccccc3c(N(c3ccccc3)c3ccc(/C=C/C4CCCCC4)cc3)c3ccccc23)cc1)/c1ccccc1. The zero-order valence-electron chi connectivity index (χ0n) is 31.7. The van der Waals surface area contributed by atoms with E-state index in [4.69, 9.17) is 0 Å². The van der Waals surface area contributed by atoms with Gasteiger partial charge in [0.25, 0.3) is 0 Å². The molecule has 0 aliphatic heterocycles. The summed E-state index contributed by atoms with van der Waals surface area (Å²) in [6.07, 6.45) is 15.8. The lowest BCUT2D eigenvalue weighted by molar-refractivity contribution is 0.420. The summed E-state index contributed by atoms with van der Waals surface area (Å²) in [5, 5.41) is 4.75. The maximum absolute atomic E-state index is 2.45. The summed E-state index contributed by atoms with van der Waals surface area (Å²) in [4.78, 5) is 4.88. The molecular formula is C54H46N2. The first-order chi connectivity index (χ1) is 27.8. The van der Waals surface area contributed by atoms with Crippen LogP contribution >= 0.6 is 0 Å². The van der Waals surface area contributed by atoms with Crippen molar-refractivity contribution in [1.82, 2.24) is 0 Å². The van der Waals surface area contributed by atoms with Crippen molar-refractivity contribution in [2.75, 3.05) is 9.80 Å². The second kappa shape index (κ2) is 16.4. The molecule has 0 amide bonds. The topological polar surface area (TPSA) is 6.48 Å². The standard InChI is InChI=1S/C54H46N2/c1-5-17-41(18-6-1)29-31-43-33-37-47(38-34-43)55(45-21-9-3-10-22-45)53-49-25-13-15-27-51(49)54(52-28-16-14-26-50(52)53)56(46-23-11-4-12-24-46)48-39-35-44(36-40-48)32-30-42-19-7-2-8-20-42/h1,3-6,9-18,21-40,42H,2,7-8,19-20H2/b31-29+,32-30+. The molecule has 9 rings (SSSR count). The number of allylic oxidation sites excluding steroid dienone is 1. The molecule has 0 atom stereocenters. The molecule has 0 N–H and O–H groups in total. The fourth-order valence-electron chi connectivity index (χ4n) is 8.33. The van der Waals surface area contributed by atoms with Gasteiger partial charge in [0.15, 0.2) is 0 Å². The highest BCUT2D eigenvalue weighted by Gasteiger charge is 2.25.